The number of fused-ring (bicyclic) bond motifs is 1. The van der Waals surface area contributed by atoms with Gasteiger partial charge in [-0.2, -0.15) is 0 Å². The zero-order chi connectivity index (χ0) is 40.6. The number of β-amino-alcohol motifs (C(OH)–C–C–N with tert-alkyl or cyclic N) is 1. The highest BCUT2D eigenvalue weighted by atomic mass is 32.2. The molecule has 13 nitrogen and oxygen atoms in total. The van der Waals surface area contributed by atoms with Crippen LogP contribution in [-0.4, -0.2) is 96.9 Å². The Labute approximate surface area is 332 Å². The molecule has 0 bridgehead atoms. The number of likely N-dealkylation sites (tertiary alicyclic amines) is 1. The second kappa shape index (κ2) is 19.3. The fourth-order valence-electron chi connectivity index (χ4n) is 7.59. The van der Waals surface area contributed by atoms with Gasteiger partial charge in [0.25, 0.3) is 11.5 Å². The molecule has 2 aromatic carbocycles. The van der Waals surface area contributed by atoms with Crippen LogP contribution in [0.15, 0.2) is 81.4 Å². The highest BCUT2D eigenvalue weighted by molar-refractivity contribution is 7.99. The highest BCUT2D eigenvalue weighted by Gasteiger charge is 2.42. The molecule has 56 heavy (non-hydrogen) atoms. The number of phenols is 1. The Hall–Kier alpha value is -4.21. The predicted octanol–water partition coefficient (Wildman–Crippen LogP) is 4.04. The molecule has 14 heteroatoms. The maximum Gasteiger partial charge on any atom is 0.330 e. The third-order valence-electron chi connectivity index (χ3n) is 10.6. The second-order valence-electron chi connectivity index (χ2n) is 16.1. The van der Waals surface area contributed by atoms with Gasteiger partial charge in [0.05, 0.1) is 24.8 Å². The van der Waals surface area contributed by atoms with Crippen molar-refractivity contribution in [2.24, 2.45) is 11.8 Å². The Balaban J connectivity index is 0.000000311. The zero-order valence-corrected chi connectivity index (χ0v) is 33.8. The number of H-pyrrole nitrogens is 1. The van der Waals surface area contributed by atoms with E-state index in [4.69, 9.17) is 9.84 Å². The fourth-order valence-corrected chi connectivity index (χ4v) is 8.61. The van der Waals surface area contributed by atoms with Crippen LogP contribution < -0.4 is 21.9 Å². The van der Waals surface area contributed by atoms with Crippen molar-refractivity contribution < 1.29 is 29.6 Å². The number of nitrogens with zero attached hydrogens (tertiary/aromatic N) is 2. The van der Waals surface area contributed by atoms with Crippen LogP contribution >= 0.6 is 11.8 Å². The number of piperidine rings is 1. The standard InChI is InChI=1S/C32H45N3O4S.C10H12N2O4/c1-21-25(15-10-16-28(21)36)30(38)33-26(20-40-24-13-6-5-7-14-24)29(37)19-35-18-23-12-9-8-11-22(23)17-27(35)31(39)34-32(2,3)4;1-6-4-12(10(15)11-9(6)14)8-3-2-7(5-13)16-8/h5-7,10,13-16,22-23,26-27,29,36-37H,8-9,11-12,17-20H2,1-4H3,(H,33,38)(H,34,39);2-4,7-8,13H,5H2,1H3,(H,11,14,15)/t22-,23+,26-,27-,29+;7-,8+/m00/s1. The maximum absolute atomic E-state index is 13.5. The number of benzene rings is 2. The van der Waals surface area contributed by atoms with Crippen LogP contribution in [-0.2, 0) is 9.53 Å². The number of aryl methyl sites for hydroxylation is 1. The van der Waals surface area contributed by atoms with E-state index in [2.05, 4.69) is 20.5 Å². The third kappa shape index (κ3) is 11.4. The van der Waals surface area contributed by atoms with Gasteiger partial charge in [-0.15, -0.1) is 11.8 Å². The quantitative estimate of drug-likeness (QED) is 0.122. The van der Waals surface area contributed by atoms with E-state index in [1.54, 1.807) is 56.0 Å². The number of ether oxygens (including phenoxy) is 1. The Morgan fingerprint density at radius 1 is 1.02 bits per heavy atom. The molecule has 3 aromatic rings. The lowest BCUT2D eigenvalue weighted by Crippen LogP contribution is -2.60. The van der Waals surface area contributed by atoms with Gasteiger partial charge in [-0.3, -0.25) is 28.8 Å². The first-order valence-corrected chi connectivity index (χ1v) is 20.4. The number of aromatic nitrogens is 2. The van der Waals surface area contributed by atoms with Crippen molar-refractivity contribution >= 4 is 23.6 Å². The van der Waals surface area contributed by atoms with Crippen molar-refractivity contribution in [1.29, 1.82) is 0 Å². The number of aliphatic hydroxyl groups is 2. The Morgan fingerprint density at radius 3 is 2.41 bits per heavy atom. The lowest BCUT2D eigenvalue weighted by Gasteiger charge is -2.47. The number of carbonyl (C=O) groups excluding carboxylic acids is 2. The maximum atomic E-state index is 13.5. The average molecular weight is 792 g/mol. The van der Waals surface area contributed by atoms with Crippen molar-refractivity contribution in [3.05, 3.63) is 104 Å². The number of nitrogens with one attached hydrogen (secondary N) is 3. The van der Waals surface area contributed by atoms with Gasteiger partial charge in [-0.05, 0) is 89.6 Å². The van der Waals surface area contributed by atoms with Crippen LogP contribution in [0.3, 0.4) is 0 Å². The smallest absolute Gasteiger partial charge is 0.330 e. The number of aromatic hydroxyl groups is 1. The summed E-state index contributed by atoms with van der Waals surface area (Å²) in [5.41, 5.74) is 0.0524. The fraction of sp³-hybridized carbons (Fsp3) is 0.524. The minimum absolute atomic E-state index is 0.0124. The number of carbonyl (C=O) groups is 2. The van der Waals surface area contributed by atoms with Crippen LogP contribution in [0.1, 0.15) is 80.6 Å². The number of hydrogen-bond donors (Lipinski definition) is 6. The van der Waals surface area contributed by atoms with E-state index in [-0.39, 0.29) is 35.8 Å². The lowest BCUT2D eigenvalue weighted by molar-refractivity contribution is -0.132. The lowest BCUT2D eigenvalue weighted by atomic mass is 9.72. The summed E-state index contributed by atoms with van der Waals surface area (Å²) in [7, 11) is 0. The monoisotopic (exact) mass is 791 g/mol. The number of aliphatic hydroxyl groups excluding tert-OH is 2. The van der Waals surface area contributed by atoms with Gasteiger partial charge >= 0.3 is 5.69 Å². The van der Waals surface area contributed by atoms with Gasteiger partial charge in [-0.25, -0.2) is 4.79 Å². The Morgan fingerprint density at radius 2 is 1.73 bits per heavy atom. The molecule has 1 aromatic heterocycles. The summed E-state index contributed by atoms with van der Waals surface area (Å²) in [5, 5.41) is 36.9. The summed E-state index contributed by atoms with van der Waals surface area (Å²) in [5.74, 6) is 1.27. The minimum Gasteiger partial charge on any atom is -0.508 e. The van der Waals surface area contributed by atoms with E-state index in [1.807, 2.05) is 51.1 Å². The molecule has 2 aliphatic heterocycles. The van der Waals surface area contributed by atoms with Crippen LogP contribution in [0, 0.1) is 25.7 Å². The van der Waals surface area contributed by atoms with Crippen molar-refractivity contribution in [2.45, 2.75) is 108 Å². The summed E-state index contributed by atoms with van der Waals surface area (Å²) in [6, 6.07) is 13.9. The van der Waals surface area contributed by atoms with Crippen LogP contribution in [0.5, 0.6) is 5.75 Å². The van der Waals surface area contributed by atoms with Gasteiger partial charge in [0, 0.05) is 52.2 Å². The Kier molecular flexibility index (Phi) is 14.8. The largest absolute Gasteiger partial charge is 0.508 e. The van der Waals surface area contributed by atoms with E-state index in [9.17, 15) is 29.4 Å². The average Bonchev–Trinajstić information content (AvgIpc) is 3.64. The number of thioether (sulfide) groups is 1. The molecule has 3 aliphatic rings. The van der Waals surface area contributed by atoms with Crippen molar-refractivity contribution in [3.63, 3.8) is 0 Å². The number of rotatable bonds is 11. The minimum atomic E-state index is -0.886. The summed E-state index contributed by atoms with van der Waals surface area (Å²) in [6.45, 7) is 10.2. The van der Waals surface area contributed by atoms with E-state index in [0.717, 1.165) is 30.7 Å². The van der Waals surface area contributed by atoms with Crippen molar-refractivity contribution in [2.75, 3.05) is 25.4 Å². The number of amides is 2. The van der Waals surface area contributed by atoms with E-state index in [0.29, 0.717) is 40.8 Å². The van der Waals surface area contributed by atoms with E-state index < -0.39 is 35.7 Å². The van der Waals surface area contributed by atoms with Crippen LogP contribution in [0.25, 0.3) is 0 Å². The van der Waals surface area contributed by atoms with E-state index in [1.165, 1.54) is 23.6 Å². The molecular weight excluding hydrogens is 735 g/mol. The Bertz CT molecular complexity index is 1940. The molecule has 0 spiro atoms. The summed E-state index contributed by atoms with van der Waals surface area (Å²) < 4.78 is 6.63. The SMILES string of the molecule is Cc1c(O)cccc1C(=O)N[C@@H](CSc1ccccc1)[C@H](O)CN1C[C@H]2CCCC[C@H]2C[C@H]1C(=O)NC(C)(C)C.Cc1cn([C@H]2C=C[C@@H](CO)O2)c(=O)[nH]c1=O. The predicted molar refractivity (Wildman–Crippen MR) is 217 cm³/mol. The molecule has 0 radical (unpaired) electrons. The topological polar surface area (TPSA) is 186 Å². The number of aromatic amines is 1. The van der Waals surface area contributed by atoms with Gasteiger partial charge in [0.1, 0.15) is 11.9 Å². The van der Waals surface area contributed by atoms with Gasteiger partial charge in [0.2, 0.25) is 5.91 Å². The van der Waals surface area contributed by atoms with Crippen molar-refractivity contribution in [1.82, 2.24) is 25.1 Å². The molecule has 1 aliphatic carbocycles. The normalized spacial score (nSPS) is 23.3. The molecule has 3 heterocycles. The third-order valence-corrected chi connectivity index (χ3v) is 11.8. The molecule has 0 unspecified atom stereocenters. The molecule has 6 N–H and O–H groups in total. The van der Waals surface area contributed by atoms with Gasteiger partial charge in [0.15, 0.2) is 6.23 Å². The second-order valence-corrected chi connectivity index (χ2v) is 17.2. The number of hydrogen-bond acceptors (Lipinski definition) is 10. The first kappa shape index (κ1) is 42.9. The van der Waals surface area contributed by atoms with Gasteiger partial charge in [-0.1, -0.05) is 49.6 Å². The van der Waals surface area contributed by atoms with Gasteiger partial charge < -0.3 is 30.7 Å². The molecule has 304 valence electrons. The van der Waals surface area contributed by atoms with E-state index >= 15 is 0 Å². The first-order chi connectivity index (χ1) is 26.6. The van der Waals surface area contributed by atoms with Crippen LogP contribution in [0.2, 0.25) is 0 Å². The van der Waals surface area contributed by atoms with Crippen LogP contribution in [0.4, 0.5) is 0 Å². The molecule has 1 saturated heterocycles. The van der Waals surface area contributed by atoms with Crippen molar-refractivity contribution in [3.8, 4) is 5.75 Å². The molecule has 1 saturated carbocycles. The number of phenolic OH excluding ortho intramolecular Hbond substituents is 1. The molecule has 2 fully saturated rings. The summed E-state index contributed by atoms with van der Waals surface area (Å²) in [4.78, 5) is 54.9. The molecule has 2 amide bonds. The molecule has 6 rings (SSSR count). The highest BCUT2D eigenvalue weighted by Crippen LogP contribution is 2.39. The zero-order valence-electron chi connectivity index (χ0n) is 32.9. The summed E-state index contributed by atoms with van der Waals surface area (Å²) >= 11 is 1.57. The molecule has 7 atom stereocenters. The molecular formula is C42H57N5O8S. The summed E-state index contributed by atoms with van der Waals surface area (Å²) in [6.07, 6.45) is 8.49. The first-order valence-electron chi connectivity index (χ1n) is 19.4.